The topological polar surface area (TPSA) is 95.7 Å². The number of carbonyl (C=O) groups is 1. The van der Waals surface area contributed by atoms with Crippen LogP contribution < -0.4 is 10.2 Å². The summed E-state index contributed by atoms with van der Waals surface area (Å²) in [5.41, 5.74) is 0.512. The van der Waals surface area contributed by atoms with E-state index in [0.717, 1.165) is 0 Å². The highest BCUT2D eigenvalue weighted by atomic mass is 16.6. The van der Waals surface area contributed by atoms with Gasteiger partial charge in [0.15, 0.2) is 0 Å². The number of nitro groups is 1. The van der Waals surface area contributed by atoms with Crippen molar-refractivity contribution in [3.63, 3.8) is 0 Å². The standard InChI is InChI=1S/C14H21N3O4/c1-4-15-14(19)11-5-6-12(13(9-11)17(20)21)16(7-8-18)10(2)3/h5-6,9-10,18H,4,7-8H2,1-3H3,(H,15,19). The van der Waals surface area contributed by atoms with Gasteiger partial charge in [0.25, 0.3) is 11.6 Å². The van der Waals surface area contributed by atoms with Crippen molar-refractivity contribution in [1.82, 2.24) is 5.32 Å². The van der Waals surface area contributed by atoms with E-state index in [2.05, 4.69) is 5.32 Å². The van der Waals surface area contributed by atoms with E-state index in [4.69, 9.17) is 5.11 Å². The van der Waals surface area contributed by atoms with E-state index in [1.54, 1.807) is 24.0 Å². The first kappa shape index (κ1) is 16.9. The van der Waals surface area contributed by atoms with Gasteiger partial charge in [-0.15, -0.1) is 0 Å². The summed E-state index contributed by atoms with van der Waals surface area (Å²) in [5, 5.41) is 23.0. The van der Waals surface area contributed by atoms with Gasteiger partial charge in [-0.25, -0.2) is 0 Å². The minimum Gasteiger partial charge on any atom is -0.395 e. The maximum absolute atomic E-state index is 11.8. The average molecular weight is 295 g/mol. The van der Waals surface area contributed by atoms with E-state index in [0.29, 0.717) is 18.8 Å². The summed E-state index contributed by atoms with van der Waals surface area (Å²) in [6.07, 6.45) is 0. The van der Waals surface area contributed by atoms with Gasteiger partial charge in [-0.2, -0.15) is 0 Å². The second kappa shape index (κ2) is 7.58. The van der Waals surface area contributed by atoms with Gasteiger partial charge < -0.3 is 15.3 Å². The smallest absolute Gasteiger partial charge is 0.293 e. The molecule has 0 saturated carbocycles. The fraction of sp³-hybridized carbons (Fsp3) is 0.500. The van der Waals surface area contributed by atoms with Crippen LogP contribution in [0.1, 0.15) is 31.1 Å². The molecule has 0 radical (unpaired) electrons. The Bertz CT molecular complexity index is 517. The molecular weight excluding hydrogens is 274 g/mol. The molecule has 7 heteroatoms. The van der Waals surface area contributed by atoms with Crippen molar-refractivity contribution in [3.05, 3.63) is 33.9 Å². The predicted molar refractivity (Wildman–Crippen MR) is 80.7 cm³/mol. The molecule has 0 aliphatic rings. The number of aliphatic hydroxyl groups excluding tert-OH is 1. The molecular formula is C14H21N3O4. The molecule has 1 aromatic carbocycles. The Labute approximate surface area is 123 Å². The zero-order valence-electron chi connectivity index (χ0n) is 12.5. The number of nitrogens with zero attached hydrogens (tertiary/aromatic N) is 2. The quantitative estimate of drug-likeness (QED) is 0.588. The minimum atomic E-state index is -0.509. The molecule has 0 saturated heterocycles. The van der Waals surface area contributed by atoms with Gasteiger partial charge in [-0.05, 0) is 32.9 Å². The van der Waals surface area contributed by atoms with Gasteiger partial charge in [-0.3, -0.25) is 14.9 Å². The molecule has 1 aromatic rings. The molecule has 116 valence electrons. The molecule has 0 aliphatic heterocycles. The zero-order chi connectivity index (χ0) is 16.0. The number of aliphatic hydroxyl groups is 1. The number of rotatable bonds is 7. The maximum atomic E-state index is 11.8. The molecule has 7 nitrogen and oxygen atoms in total. The van der Waals surface area contributed by atoms with Gasteiger partial charge in [0.2, 0.25) is 0 Å². The summed E-state index contributed by atoms with van der Waals surface area (Å²) in [6, 6.07) is 4.37. The summed E-state index contributed by atoms with van der Waals surface area (Å²) >= 11 is 0. The van der Waals surface area contributed by atoms with Crippen LogP contribution in [0.3, 0.4) is 0 Å². The summed E-state index contributed by atoms with van der Waals surface area (Å²) in [7, 11) is 0. The summed E-state index contributed by atoms with van der Waals surface area (Å²) in [4.78, 5) is 24.3. The van der Waals surface area contributed by atoms with Gasteiger partial charge in [-0.1, -0.05) is 0 Å². The van der Waals surface area contributed by atoms with Crippen LogP contribution in [0.4, 0.5) is 11.4 Å². The number of hydrogen-bond donors (Lipinski definition) is 2. The second-order valence-electron chi connectivity index (χ2n) is 4.83. The molecule has 0 aromatic heterocycles. The van der Waals surface area contributed by atoms with Crippen LogP contribution in [0, 0.1) is 10.1 Å². The van der Waals surface area contributed by atoms with Crippen molar-refractivity contribution in [3.8, 4) is 0 Å². The maximum Gasteiger partial charge on any atom is 0.293 e. The molecule has 0 heterocycles. The SMILES string of the molecule is CCNC(=O)c1ccc(N(CCO)C(C)C)c([N+](=O)[O-])c1. The van der Waals surface area contributed by atoms with Gasteiger partial charge in [0.05, 0.1) is 11.5 Å². The summed E-state index contributed by atoms with van der Waals surface area (Å²) in [5.74, 6) is -0.342. The highest BCUT2D eigenvalue weighted by Crippen LogP contribution is 2.30. The first-order valence-electron chi connectivity index (χ1n) is 6.86. The largest absolute Gasteiger partial charge is 0.395 e. The lowest BCUT2D eigenvalue weighted by Crippen LogP contribution is -2.34. The third-order valence-corrected chi connectivity index (χ3v) is 3.05. The fourth-order valence-corrected chi connectivity index (χ4v) is 2.08. The molecule has 2 N–H and O–H groups in total. The molecule has 1 amide bonds. The highest BCUT2D eigenvalue weighted by molar-refractivity contribution is 5.95. The predicted octanol–water partition coefficient (Wildman–Crippen LogP) is 1.55. The first-order chi connectivity index (χ1) is 9.92. The van der Waals surface area contributed by atoms with Crippen molar-refractivity contribution in [1.29, 1.82) is 0 Å². The third-order valence-electron chi connectivity index (χ3n) is 3.05. The monoisotopic (exact) mass is 295 g/mol. The van der Waals surface area contributed by atoms with Gasteiger partial charge in [0.1, 0.15) is 5.69 Å². The zero-order valence-corrected chi connectivity index (χ0v) is 12.5. The van der Waals surface area contributed by atoms with Crippen LogP contribution in [0.2, 0.25) is 0 Å². The van der Waals surface area contributed by atoms with E-state index >= 15 is 0 Å². The summed E-state index contributed by atoms with van der Waals surface area (Å²) in [6.45, 7) is 6.19. The molecule has 21 heavy (non-hydrogen) atoms. The lowest BCUT2D eigenvalue weighted by Gasteiger charge is -2.27. The van der Waals surface area contributed by atoms with Crippen LogP contribution in [0.25, 0.3) is 0 Å². The third kappa shape index (κ3) is 4.16. The van der Waals surface area contributed by atoms with Crippen LogP contribution in [0.15, 0.2) is 18.2 Å². The Morgan fingerprint density at radius 2 is 2.14 bits per heavy atom. The number of nitrogens with one attached hydrogen (secondary N) is 1. The second-order valence-corrected chi connectivity index (χ2v) is 4.83. The van der Waals surface area contributed by atoms with E-state index < -0.39 is 4.92 Å². The van der Waals surface area contributed by atoms with Crippen LogP contribution >= 0.6 is 0 Å². The first-order valence-corrected chi connectivity index (χ1v) is 6.86. The number of benzene rings is 1. The van der Waals surface area contributed by atoms with Crippen LogP contribution in [-0.2, 0) is 0 Å². The number of nitro benzene ring substituents is 1. The van der Waals surface area contributed by atoms with Gasteiger partial charge in [0, 0.05) is 30.8 Å². The van der Waals surface area contributed by atoms with Crippen molar-refractivity contribution in [2.75, 3.05) is 24.6 Å². The number of anilines is 1. The number of amides is 1. The highest BCUT2D eigenvalue weighted by Gasteiger charge is 2.23. The van der Waals surface area contributed by atoms with Crippen molar-refractivity contribution in [2.45, 2.75) is 26.8 Å². The molecule has 1 rings (SSSR count). The van der Waals surface area contributed by atoms with E-state index in [1.165, 1.54) is 6.07 Å². The fourth-order valence-electron chi connectivity index (χ4n) is 2.08. The Morgan fingerprint density at radius 1 is 1.48 bits per heavy atom. The van der Waals surface area contributed by atoms with Crippen molar-refractivity contribution in [2.24, 2.45) is 0 Å². The lowest BCUT2D eigenvalue weighted by molar-refractivity contribution is -0.384. The Hall–Kier alpha value is -2.15. The normalized spacial score (nSPS) is 10.5. The van der Waals surface area contributed by atoms with Gasteiger partial charge >= 0.3 is 0 Å². The molecule has 0 spiro atoms. The Morgan fingerprint density at radius 3 is 2.62 bits per heavy atom. The Balaban J connectivity index is 3.26. The van der Waals surface area contributed by atoms with Crippen molar-refractivity contribution >= 4 is 17.3 Å². The summed E-state index contributed by atoms with van der Waals surface area (Å²) < 4.78 is 0. The van der Waals surface area contributed by atoms with Crippen LogP contribution in [0.5, 0.6) is 0 Å². The Kier molecular flexibility index (Phi) is 6.10. The number of carbonyl (C=O) groups excluding carboxylic acids is 1. The molecule has 0 unspecified atom stereocenters. The van der Waals surface area contributed by atoms with Crippen molar-refractivity contribution < 1.29 is 14.8 Å². The molecule has 0 atom stereocenters. The molecule has 0 fully saturated rings. The average Bonchev–Trinajstić information content (AvgIpc) is 2.44. The minimum absolute atomic E-state index is 0.00818. The van der Waals surface area contributed by atoms with E-state index in [9.17, 15) is 14.9 Å². The molecule has 0 aliphatic carbocycles. The van der Waals surface area contributed by atoms with Crippen LogP contribution in [-0.4, -0.2) is 41.7 Å². The van der Waals surface area contributed by atoms with E-state index in [-0.39, 0.29) is 29.8 Å². The molecule has 0 bridgehead atoms. The van der Waals surface area contributed by atoms with E-state index in [1.807, 2.05) is 13.8 Å². The lowest BCUT2D eigenvalue weighted by atomic mass is 10.1. The number of hydrogen-bond acceptors (Lipinski definition) is 5.